The van der Waals surface area contributed by atoms with E-state index < -0.39 is 171 Å². The molecule has 0 unspecified atom stereocenters. The number of nitrogens with zero attached hydrogens (tertiary/aromatic N) is 1. The first-order chi connectivity index (χ1) is 37.1. The van der Waals surface area contributed by atoms with Crippen LogP contribution in [0.4, 0.5) is 0 Å². The number of rotatable bonds is 37. The Balaban J connectivity index is 2.51. The van der Waals surface area contributed by atoms with Gasteiger partial charge in [0.05, 0.1) is 12.9 Å². The van der Waals surface area contributed by atoms with Gasteiger partial charge in [-0.25, -0.2) is 9.78 Å². The van der Waals surface area contributed by atoms with Gasteiger partial charge in [0, 0.05) is 44.0 Å². The van der Waals surface area contributed by atoms with Crippen LogP contribution in [0.2, 0.25) is 0 Å². The molecule has 0 aliphatic heterocycles. The first kappa shape index (κ1) is 67.1. The maximum atomic E-state index is 14.2. The Kier molecular flexibility index (Phi) is 28.9. The number of primary amides is 1. The van der Waals surface area contributed by atoms with Gasteiger partial charge in [0.2, 0.25) is 53.2 Å². The molecule has 0 radical (unpaired) electrons. The lowest BCUT2D eigenvalue weighted by Gasteiger charge is -2.28. The van der Waals surface area contributed by atoms with E-state index in [1.54, 1.807) is 71.9 Å². The molecule has 0 fully saturated rings. The third kappa shape index (κ3) is 25.8. The van der Waals surface area contributed by atoms with Crippen molar-refractivity contribution in [2.45, 2.75) is 167 Å². The lowest BCUT2D eigenvalue weighted by Crippen LogP contribution is -2.61. The number of carbonyl (C=O) groups excluding carboxylic acids is 9. The monoisotopic (exact) mass is 1110 g/mol. The van der Waals surface area contributed by atoms with Crippen molar-refractivity contribution in [3.63, 3.8) is 0 Å². The average molecular weight is 1120 g/mol. The zero-order valence-electron chi connectivity index (χ0n) is 45.2. The fourth-order valence-electron chi connectivity index (χ4n) is 7.88. The van der Waals surface area contributed by atoms with Crippen LogP contribution in [0, 0.1) is 17.8 Å². The van der Waals surface area contributed by atoms with Crippen molar-refractivity contribution < 1.29 is 78.0 Å². The summed E-state index contributed by atoms with van der Waals surface area (Å²) in [5.41, 5.74) is 11.9. The number of aliphatic hydroxyl groups excluding tert-OH is 1. The fraction of sp³-hybridized carbons (Fsp3) is 0.588. The second-order valence-corrected chi connectivity index (χ2v) is 20.3. The smallest absolute Gasteiger partial charge is 0.326 e. The molecule has 0 saturated heterocycles. The number of benzene rings is 1. The zero-order valence-corrected chi connectivity index (χ0v) is 45.2. The number of nitrogens with two attached hydrogens (primary N) is 2. The minimum absolute atomic E-state index is 0.0447. The number of aliphatic carboxylic acids is 3. The molecule has 1 aromatic carbocycles. The van der Waals surface area contributed by atoms with E-state index in [1.165, 1.54) is 12.5 Å². The Hall–Kier alpha value is -8.01. The number of aliphatic hydroxyl groups is 1. The van der Waals surface area contributed by atoms with Crippen LogP contribution in [0.3, 0.4) is 0 Å². The Morgan fingerprint density at radius 3 is 1.23 bits per heavy atom. The minimum Gasteiger partial charge on any atom is -0.481 e. The number of carbonyl (C=O) groups is 12. The quantitative estimate of drug-likeness (QED) is 0.0336. The SMILES string of the molecule is CC(C)C[C@H](NC(=O)[C@H](Cc1ccccc1)NC(=O)[C@H](CCC(=O)O)NC(=O)[C@H](CC(C)C)NC(=O)[C@H](CCC(=O)O)NC(=O)[C@H](CCC(N)=O)NC(=O)[C@H](Cc1cnc[nH]1)NC(=O)[C@H](CC(C)C)NC(=O)[C@@H](N)CO)C(=O)O. The minimum atomic E-state index is -1.76. The van der Waals surface area contributed by atoms with E-state index in [-0.39, 0.29) is 49.9 Å². The van der Waals surface area contributed by atoms with Crippen molar-refractivity contribution in [1.29, 1.82) is 0 Å². The molecule has 17 N–H and O–H groups in total. The predicted molar refractivity (Wildman–Crippen MR) is 281 cm³/mol. The van der Waals surface area contributed by atoms with Crippen molar-refractivity contribution >= 4 is 71.1 Å². The van der Waals surface area contributed by atoms with Crippen LogP contribution >= 0.6 is 0 Å². The Morgan fingerprint density at radius 1 is 0.494 bits per heavy atom. The molecule has 9 atom stereocenters. The molecule has 0 aliphatic carbocycles. The highest BCUT2D eigenvalue weighted by Crippen LogP contribution is 2.13. The average Bonchev–Trinajstić information content (AvgIpc) is 3.88. The number of hydrogen-bond acceptors (Lipinski definition) is 15. The van der Waals surface area contributed by atoms with Gasteiger partial charge in [-0.1, -0.05) is 71.9 Å². The molecule has 79 heavy (non-hydrogen) atoms. The number of nitrogens with one attached hydrogen (secondary N) is 9. The molecule has 0 spiro atoms. The van der Waals surface area contributed by atoms with Gasteiger partial charge in [-0.05, 0) is 61.8 Å². The zero-order chi connectivity index (χ0) is 59.5. The summed E-state index contributed by atoms with van der Waals surface area (Å²) < 4.78 is 0. The van der Waals surface area contributed by atoms with E-state index in [4.69, 9.17) is 11.5 Å². The van der Waals surface area contributed by atoms with Crippen LogP contribution in [-0.2, 0) is 70.4 Å². The molecule has 438 valence electrons. The Bertz CT molecular complexity index is 2390. The fourth-order valence-corrected chi connectivity index (χ4v) is 7.88. The van der Waals surface area contributed by atoms with Gasteiger partial charge in [0.25, 0.3) is 0 Å². The highest BCUT2D eigenvalue weighted by atomic mass is 16.4. The van der Waals surface area contributed by atoms with Crippen LogP contribution in [0.15, 0.2) is 42.9 Å². The van der Waals surface area contributed by atoms with Crippen LogP contribution in [0.5, 0.6) is 0 Å². The largest absolute Gasteiger partial charge is 0.481 e. The summed E-state index contributed by atoms with van der Waals surface area (Å²) in [4.78, 5) is 165. The van der Waals surface area contributed by atoms with E-state index in [2.05, 4.69) is 52.5 Å². The third-order valence-corrected chi connectivity index (χ3v) is 11.9. The molecule has 2 rings (SSSR count). The molecule has 0 aliphatic rings. The maximum absolute atomic E-state index is 14.2. The van der Waals surface area contributed by atoms with Gasteiger partial charge in [-0.3, -0.25) is 52.7 Å². The van der Waals surface area contributed by atoms with Crippen LogP contribution in [0.25, 0.3) is 0 Å². The summed E-state index contributed by atoms with van der Waals surface area (Å²) in [7, 11) is 0. The van der Waals surface area contributed by atoms with Crippen LogP contribution in [0.1, 0.15) is 111 Å². The van der Waals surface area contributed by atoms with Crippen LogP contribution in [-0.4, -0.2) is 162 Å². The number of carboxylic acids is 3. The van der Waals surface area contributed by atoms with Gasteiger partial charge < -0.3 is 79.4 Å². The first-order valence-corrected chi connectivity index (χ1v) is 25.9. The van der Waals surface area contributed by atoms with E-state index in [0.717, 1.165) is 0 Å². The third-order valence-electron chi connectivity index (χ3n) is 11.9. The summed E-state index contributed by atoms with van der Waals surface area (Å²) in [6.07, 6.45) is -1.36. The first-order valence-electron chi connectivity index (χ1n) is 25.9. The van der Waals surface area contributed by atoms with E-state index in [1.807, 2.05) is 0 Å². The lowest BCUT2D eigenvalue weighted by atomic mass is 10.00. The number of aromatic amines is 1. The van der Waals surface area contributed by atoms with Gasteiger partial charge in [-0.15, -0.1) is 0 Å². The number of amides is 9. The number of aromatic nitrogens is 2. The second-order valence-electron chi connectivity index (χ2n) is 20.3. The summed E-state index contributed by atoms with van der Waals surface area (Å²) >= 11 is 0. The van der Waals surface area contributed by atoms with Crippen molar-refractivity contribution in [3.05, 3.63) is 54.1 Å². The summed E-state index contributed by atoms with van der Waals surface area (Å²) in [6, 6.07) is -5.26. The van der Waals surface area contributed by atoms with Crippen molar-refractivity contribution in [1.82, 2.24) is 52.5 Å². The van der Waals surface area contributed by atoms with Gasteiger partial charge in [0.15, 0.2) is 0 Å². The molecule has 0 saturated carbocycles. The highest BCUT2D eigenvalue weighted by Gasteiger charge is 2.36. The maximum Gasteiger partial charge on any atom is 0.326 e. The van der Waals surface area contributed by atoms with E-state index >= 15 is 0 Å². The molecule has 0 bridgehead atoms. The van der Waals surface area contributed by atoms with Gasteiger partial charge in [0.1, 0.15) is 54.4 Å². The molecule has 1 heterocycles. The van der Waals surface area contributed by atoms with Gasteiger partial charge in [-0.2, -0.15) is 0 Å². The van der Waals surface area contributed by atoms with Crippen molar-refractivity contribution in [2.24, 2.45) is 29.2 Å². The second kappa shape index (κ2) is 34.0. The molecule has 28 nitrogen and oxygen atoms in total. The number of hydrogen-bond donors (Lipinski definition) is 15. The Labute approximate surface area is 456 Å². The van der Waals surface area contributed by atoms with Crippen molar-refractivity contribution in [2.75, 3.05) is 6.61 Å². The highest BCUT2D eigenvalue weighted by molar-refractivity contribution is 5.98. The number of imidazole rings is 1. The topological polar surface area (TPSA) is 463 Å². The summed E-state index contributed by atoms with van der Waals surface area (Å²) in [5.74, 6) is -13.7. The Morgan fingerprint density at radius 2 is 0.848 bits per heavy atom. The number of carboxylic acid groups (broad SMARTS) is 3. The van der Waals surface area contributed by atoms with E-state index in [0.29, 0.717) is 11.3 Å². The summed E-state index contributed by atoms with van der Waals surface area (Å²) in [5, 5.41) is 58.2. The molecular weight excluding hydrogens is 1040 g/mol. The lowest BCUT2D eigenvalue weighted by molar-refractivity contribution is -0.143. The normalized spacial score (nSPS) is 14.6. The molecule has 1 aromatic heterocycles. The number of H-pyrrole nitrogens is 1. The summed E-state index contributed by atoms with van der Waals surface area (Å²) in [6.45, 7) is 9.61. The van der Waals surface area contributed by atoms with E-state index in [9.17, 15) is 78.0 Å². The predicted octanol–water partition coefficient (Wildman–Crippen LogP) is -2.39. The van der Waals surface area contributed by atoms with Crippen LogP contribution < -0.4 is 54.0 Å². The molecular formula is C51H78N12O16. The molecule has 9 amide bonds. The van der Waals surface area contributed by atoms with Gasteiger partial charge >= 0.3 is 17.9 Å². The molecule has 2 aromatic rings. The molecule has 28 heteroatoms. The standard InChI is InChI=1S/C51H78N12O16/c1-26(2)18-35(59-43(70)31(52)24-64)48(75)62-38(22-30-23-54-25-55-30)50(77)57-32(12-15-40(53)65)44(71)56-33(13-16-41(66)67)45(72)60-36(19-27(3)4)47(74)58-34(14-17-42(68)69)46(73)61-37(21-29-10-8-7-9-11-29)49(76)63-39(51(78)79)20-28(5)6/h7-11,23,25-28,31-39,64H,12-22,24,52H2,1-6H3,(H2,53,65)(H,54,55)(H,56,71)(H,57,77)(H,58,74)(H,59,70)(H,60,72)(H,61,73)(H,62,75)(H,63,76)(H,66,67)(H,68,69)(H,78,79)/t31-,32-,33-,34-,35-,36-,37-,38-,39-/m0/s1. The van der Waals surface area contributed by atoms with Crippen molar-refractivity contribution in [3.8, 4) is 0 Å².